The lowest BCUT2D eigenvalue weighted by Gasteiger charge is -1.97. The van der Waals surface area contributed by atoms with Gasteiger partial charge in [0.15, 0.2) is 0 Å². The molecule has 2 heterocycles. The number of rotatable bonds is 0. The van der Waals surface area contributed by atoms with E-state index in [9.17, 15) is 0 Å². The van der Waals surface area contributed by atoms with Gasteiger partial charge in [0.25, 0.3) is 0 Å². The molecule has 1 unspecified atom stereocenters. The van der Waals surface area contributed by atoms with Gasteiger partial charge in [-0.3, -0.25) is 4.98 Å². The van der Waals surface area contributed by atoms with E-state index < -0.39 is 0 Å². The molecule has 58 valence electrons. The highest BCUT2D eigenvalue weighted by Gasteiger charge is 2.21. The molecule has 2 N–H and O–H groups in total. The van der Waals surface area contributed by atoms with Gasteiger partial charge in [0.05, 0.1) is 6.04 Å². The number of aromatic nitrogens is 1. The number of halogens is 1. The quantitative estimate of drug-likeness (QED) is 0.708. The zero-order valence-electron chi connectivity index (χ0n) is 5.75. The van der Waals surface area contributed by atoms with Gasteiger partial charge in [-0.15, -0.1) is 0 Å². The van der Waals surface area contributed by atoms with Crippen molar-refractivity contribution in [3.05, 3.63) is 22.4 Å². The van der Waals surface area contributed by atoms with Gasteiger partial charge in [0.2, 0.25) is 0 Å². The summed E-state index contributed by atoms with van der Waals surface area (Å²) >= 11 is 3.30. The second-order valence-electron chi connectivity index (χ2n) is 2.45. The average molecular weight is 215 g/mol. The first-order valence-electron chi connectivity index (χ1n) is 3.31. The van der Waals surface area contributed by atoms with Gasteiger partial charge in [-0.25, -0.2) is 0 Å². The molecule has 1 aliphatic rings. The fraction of sp³-hybridized carbons (Fsp3) is 0.286. The van der Waals surface area contributed by atoms with Crippen molar-refractivity contribution < 1.29 is 4.74 Å². The number of ether oxygens (including phenoxy) is 1. The Hall–Kier alpha value is -0.610. The van der Waals surface area contributed by atoms with E-state index in [1.807, 2.05) is 6.07 Å². The second kappa shape index (κ2) is 2.46. The molecule has 0 fully saturated rings. The first-order chi connectivity index (χ1) is 5.27. The summed E-state index contributed by atoms with van der Waals surface area (Å²) in [7, 11) is 0. The van der Waals surface area contributed by atoms with Crippen molar-refractivity contribution in [2.45, 2.75) is 6.04 Å². The Morgan fingerprint density at radius 3 is 3.36 bits per heavy atom. The predicted octanol–water partition coefficient (Wildman–Crippen LogP) is 1.24. The Labute approximate surface area is 72.7 Å². The van der Waals surface area contributed by atoms with Crippen LogP contribution >= 0.6 is 15.9 Å². The molecule has 3 nitrogen and oxygen atoms in total. The third-order valence-electron chi connectivity index (χ3n) is 1.62. The number of pyridine rings is 1. The highest BCUT2D eigenvalue weighted by molar-refractivity contribution is 9.10. The molecular weight excluding hydrogens is 208 g/mol. The molecule has 0 amide bonds. The maximum Gasteiger partial charge on any atom is 0.143 e. The summed E-state index contributed by atoms with van der Waals surface area (Å²) in [5, 5.41) is 0. The van der Waals surface area contributed by atoms with Crippen molar-refractivity contribution in [1.82, 2.24) is 4.98 Å². The van der Waals surface area contributed by atoms with Gasteiger partial charge >= 0.3 is 0 Å². The zero-order chi connectivity index (χ0) is 7.84. The van der Waals surface area contributed by atoms with E-state index in [1.165, 1.54) is 0 Å². The molecule has 11 heavy (non-hydrogen) atoms. The van der Waals surface area contributed by atoms with Crippen molar-refractivity contribution in [1.29, 1.82) is 0 Å². The van der Waals surface area contributed by atoms with Gasteiger partial charge in [0, 0.05) is 10.7 Å². The van der Waals surface area contributed by atoms with Crippen LogP contribution in [0.1, 0.15) is 11.7 Å². The van der Waals surface area contributed by atoms with Gasteiger partial charge in [-0.05, 0) is 22.0 Å². The number of nitrogens with zero attached hydrogens (tertiary/aromatic N) is 1. The fourth-order valence-electron chi connectivity index (χ4n) is 1.08. The van der Waals surface area contributed by atoms with Gasteiger partial charge < -0.3 is 10.5 Å². The monoisotopic (exact) mass is 214 g/mol. The van der Waals surface area contributed by atoms with Crippen LogP contribution in [-0.2, 0) is 0 Å². The second-order valence-corrected chi connectivity index (χ2v) is 3.37. The van der Waals surface area contributed by atoms with Crippen molar-refractivity contribution in [2.75, 3.05) is 6.61 Å². The number of hydrogen-bond donors (Lipinski definition) is 1. The minimum absolute atomic E-state index is 0.0573. The van der Waals surface area contributed by atoms with Crippen LogP contribution in [0.25, 0.3) is 0 Å². The average Bonchev–Trinajstić information content (AvgIpc) is 2.32. The normalized spacial score (nSPS) is 21.1. The van der Waals surface area contributed by atoms with E-state index in [0.29, 0.717) is 6.61 Å². The van der Waals surface area contributed by atoms with Crippen molar-refractivity contribution in [2.24, 2.45) is 5.73 Å². The van der Waals surface area contributed by atoms with Crippen molar-refractivity contribution in [3.8, 4) is 5.75 Å². The zero-order valence-corrected chi connectivity index (χ0v) is 7.34. The Balaban J connectivity index is 2.50. The lowest BCUT2D eigenvalue weighted by atomic mass is 10.2. The maximum atomic E-state index is 5.69. The standard InChI is InChI=1S/C7H7BrN2O/c8-4-1-6-7(10-2-4)5(9)3-11-6/h1-2,5H,3,9H2. The highest BCUT2D eigenvalue weighted by atomic mass is 79.9. The van der Waals surface area contributed by atoms with E-state index in [0.717, 1.165) is 15.9 Å². The number of hydrogen-bond acceptors (Lipinski definition) is 3. The van der Waals surface area contributed by atoms with Crippen LogP contribution in [0.15, 0.2) is 16.7 Å². The molecule has 2 rings (SSSR count). The summed E-state index contributed by atoms with van der Waals surface area (Å²) in [6, 6.07) is 1.83. The summed E-state index contributed by atoms with van der Waals surface area (Å²) in [5.74, 6) is 0.798. The van der Waals surface area contributed by atoms with Crippen LogP contribution in [0.4, 0.5) is 0 Å². The van der Waals surface area contributed by atoms with Gasteiger partial charge in [0.1, 0.15) is 18.1 Å². The minimum atomic E-state index is -0.0573. The fourth-order valence-corrected chi connectivity index (χ4v) is 1.39. The van der Waals surface area contributed by atoms with Crippen LogP contribution in [-0.4, -0.2) is 11.6 Å². The van der Waals surface area contributed by atoms with Crippen molar-refractivity contribution in [3.63, 3.8) is 0 Å². The minimum Gasteiger partial charge on any atom is -0.490 e. The molecule has 0 saturated heterocycles. The molecule has 1 aromatic rings. The lowest BCUT2D eigenvalue weighted by molar-refractivity contribution is 0.333. The Bertz CT molecular complexity index is 290. The molecule has 0 spiro atoms. The van der Waals surface area contributed by atoms with E-state index in [2.05, 4.69) is 20.9 Å². The summed E-state index contributed by atoms with van der Waals surface area (Å²) in [6.45, 7) is 0.540. The molecule has 0 bridgehead atoms. The van der Waals surface area contributed by atoms with Crippen LogP contribution in [0.2, 0.25) is 0 Å². The topological polar surface area (TPSA) is 48.1 Å². The van der Waals surface area contributed by atoms with E-state index in [1.54, 1.807) is 6.20 Å². The molecule has 0 aliphatic carbocycles. The Morgan fingerprint density at radius 1 is 1.73 bits per heavy atom. The maximum absolute atomic E-state index is 5.69. The lowest BCUT2D eigenvalue weighted by Crippen LogP contribution is -2.11. The number of fused-ring (bicyclic) bond motifs is 1. The summed E-state index contributed by atoms with van der Waals surface area (Å²) < 4.78 is 6.20. The molecule has 1 aliphatic heterocycles. The smallest absolute Gasteiger partial charge is 0.143 e. The third kappa shape index (κ3) is 1.12. The molecule has 0 radical (unpaired) electrons. The van der Waals surface area contributed by atoms with E-state index in [-0.39, 0.29) is 6.04 Å². The van der Waals surface area contributed by atoms with Gasteiger partial charge in [-0.1, -0.05) is 0 Å². The van der Waals surface area contributed by atoms with Crippen LogP contribution in [0, 0.1) is 0 Å². The summed E-state index contributed by atoms with van der Waals surface area (Å²) in [5.41, 5.74) is 6.55. The molecule has 1 atom stereocenters. The Morgan fingerprint density at radius 2 is 2.55 bits per heavy atom. The SMILES string of the molecule is NC1COc2cc(Br)cnc21. The summed E-state index contributed by atoms with van der Waals surface area (Å²) in [6.07, 6.45) is 1.73. The summed E-state index contributed by atoms with van der Waals surface area (Å²) in [4.78, 5) is 4.14. The third-order valence-corrected chi connectivity index (χ3v) is 2.05. The Kier molecular flexibility index (Phi) is 1.58. The molecule has 0 saturated carbocycles. The van der Waals surface area contributed by atoms with Crippen LogP contribution < -0.4 is 10.5 Å². The van der Waals surface area contributed by atoms with Crippen LogP contribution in [0.5, 0.6) is 5.75 Å². The molecular formula is C7H7BrN2O. The molecule has 1 aromatic heterocycles. The van der Waals surface area contributed by atoms with Crippen LogP contribution in [0.3, 0.4) is 0 Å². The van der Waals surface area contributed by atoms with Gasteiger partial charge in [-0.2, -0.15) is 0 Å². The highest BCUT2D eigenvalue weighted by Crippen LogP contribution is 2.30. The molecule has 4 heteroatoms. The largest absolute Gasteiger partial charge is 0.490 e. The first-order valence-corrected chi connectivity index (χ1v) is 4.10. The molecule has 0 aromatic carbocycles. The predicted molar refractivity (Wildman–Crippen MR) is 44.4 cm³/mol. The van der Waals surface area contributed by atoms with E-state index >= 15 is 0 Å². The van der Waals surface area contributed by atoms with Crippen molar-refractivity contribution >= 4 is 15.9 Å². The number of nitrogens with two attached hydrogens (primary N) is 1. The first kappa shape index (κ1) is 7.06. The van der Waals surface area contributed by atoms with E-state index in [4.69, 9.17) is 10.5 Å².